The molecule has 1 N–H and O–H groups in total. The lowest BCUT2D eigenvalue weighted by atomic mass is 9.88. The summed E-state index contributed by atoms with van der Waals surface area (Å²) in [6.07, 6.45) is 1.53. The van der Waals surface area contributed by atoms with E-state index in [4.69, 9.17) is 9.47 Å². The molecule has 0 radical (unpaired) electrons. The van der Waals surface area contributed by atoms with Gasteiger partial charge >= 0.3 is 5.97 Å². The zero-order valence-corrected chi connectivity index (χ0v) is 10.4. The van der Waals surface area contributed by atoms with E-state index in [0.29, 0.717) is 17.2 Å². The van der Waals surface area contributed by atoms with Gasteiger partial charge in [0.2, 0.25) is 5.88 Å². The molecule has 0 saturated heterocycles. The van der Waals surface area contributed by atoms with Crippen LogP contribution in [0.3, 0.4) is 0 Å². The van der Waals surface area contributed by atoms with Crippen molar-refractivity contribution in [3.8, 4) is 11.6 Å². The summed E-state index contributed by atoms with van der Waals surface area (Å²) >= 11 is 0. The number of pyridine rings is 1. The maximum Gasteiger partial charge on any atom is 0.311 e. The van der Waals surface area contributed by atoms with E-state index in [1.54, 1.807) is 6.07 Å². The summed E-state index contributed by atoms with van der Waals surface area (Å²) < 4.78 is 10.3. The SMILES string of the molecule is COc1ccnc(OC)c1C(C(=O)O)C(C)C. The minimum atomic E-state index is -0.912. The van der Waals surface area contributed by atoms with Crippen molar-refractivity contribution in [2.45, 2.75) is 19.8 Å². The predicted molar refractivity (Wildman–Crippen MR) is 62.6 cm³/mol. The Hall–Kier alpha value is -1.78. The lowest BCUT2D eigenvalue weighted by Crippen LogP contribution is -2.19. The summed E-state index contributed by atoms with van der Waals surface area (Å²) in [6, 6.07) is 1.64. The highest BCUT2D eigenvalue weighted by Gasteiger charge is 2.30. The highest BCUT2D eigenvalue weighted by molar-refractivity contribution is 5.78. The van der Waals surface area contributed by atoms with Gasteiger partial charge in [-0.3, -0.25) is 4.79 Å². The third-order valence-corrected chi connectivity index (χ3v) is 2.57. The highest BCUT2D eigenvalue weighted by Crippen LogP contribution is 2.37. The van der Waals surface area contributed by atoms with Crippen molar-refractivity contribution in [1.29, 1.82) is 0 Å². The van der Waals surface area contributed by atoms with Crippen LogP contribution in [0, 0.1) is 5.92 Å². The molecule has 1 heterocycles. The summed E-state index contributed by atoms with van der Waals surface area (Å²) in [7, 11) is 2.96. The van der Waals surface area contributed by atoms with Gasteiger partial charge in [0.15, 0.2) is 0 Å². The zero-order chi connectivity index (χ0) is 13.0. The molecule has 0 bridgehead atoms. The van der Waals surface area contributed by atoms with Gasteiger partial charge in [-0.2, -0.15) is 0 Å². The van der Waals surface area contributed by atoms with Crippen LogP contribution >= 0.6 is 0 Å². The second-order valence-electron chi connectivity index (χ2n) is 4.00. The van der Waals surface area contributed by atoms with Gasteiger partial charge in [0.25, 0.3) is 0 Å². The molecule has 5 heteroatoms. The Bertz CT molecular complexity index is 381. The van der Waals surface area contributed by atoms with Crippen LogP contribution in [0.5, 0.6) is 11.6 Å². The van der Waals surface area contributed by atoms with E-state index in [1.807, 2.05) is 13.8 Å². The monoisotopic (exact) mass is 239 g/mol. The molecule has 0 saturated carbocycles. The van der Waals surface area contributed by atoms with Crippen LogP contribution in [0.15, 0.2) is 12.3 Å². The first-order chi connectivity index (χ1) is 8.02. The summed E-state index contributed by atoms with van der Waals surface area (Å²) in [5.74, 6) is -0.916. The van der Waals surface area contributed by atoms with Gasteiger partial charge in [-0.15, -0.1) is 0 Å². The van der Waals surface area contributed by atoms with Gasteiger partial charge in [-0.1, -0.05) is 13.8 Å². The van der Waals surface area contributed by atoms with Crippen molar-refractivity contribution in [3.63, 3.8) is 0 Å². The normalized spacial score (nSPS) is 12.3. The quantitative estimate of drug-likeness (QED) is 0.850. The van der Waals surface area contributed by atoms with Gasteiger partial charge in [-0.05, 0) is 12.0 Å². The Morgan fingerprint density at radius 2 is 2.00 bits per heavy atom. The Morgan fingerprint density at radius 3 is 2.41 bits per heavy atom. The van der Waals surface area contributed by atoms with Gasteiger partial charge in [-0.25, -0.2) is 4.98 Å². The standard InChI is InChI=1S/C12H17NO4/c1-7(2)9(12(14)15)10-8(16-3)5-6-13-11(10)17-4/h5-7,9H,1-4H3,(H,14,15). The molecule has 5 nitrogen and oxygen atoms in total. The Labute approximate surface area is 100 Å². The molecule has 94 valence electrons. The number of aliphatic carboxylic acids is 1. The average Bonchev–Trinajstić information content (AvgIpc) is 2.28. The van der Waals surface area contributed by atoms with Crippen molar-refractivity contribution in [1.82, 2.24) is 4.98 Å². The zero-order valence-electron chi connectivity index (χ0n) is 10.4. The lowest BCUT2D eigenvalue weighted by Gasteiger charge is -2.20. The van der Waals surface area contributed by atoms with Gasteiger partial charge < -0.3 is 14.6 Å². The summed E-state index contributed by atoms with van der Waals surface area (Å²) in [5, 5.41) is 9.30. The number of hydrogen-bond acceptors (Lipinski definition) is 4. The molecule has 1 atom stereocenters. The van der Waals surface area contributed by atoms with E-state index in [9.17, 15) is 9.90 Å². The molecular formula is C12H17NO4. The third kappa shape index (κ3) is 2.67. The number of carbonyl (C=O) groups is 1. The number of rotatable bonds is 5. The molecule has 0 amide bonds. The van der Waals surface area contributed by atoms with Crippen LogP contribution in [-0.4, -0.2) is 30.3 Å². The van der Waals surface area contributed by atoms with Crippen molar-refractivity contribution >= 4 is 5.97 Å². The maximum absolute atomic E-state index is 11.3. The molecule has 1 unspecified atom stereocenters. The van der Waals surface area contributed by atoms with Gasteiger partial charge in [0.05, 0.1) is 25.7 Å². The minimum Gasteiger partial charge on any atom is -0.496 e. The fourth-order valence-corrected chi connectivity index (χ4v) is 1.81. The summed E-state index contributed by atoms with van der Waals surface area (Å²) in [5.41, 5.74) is 0.486. The van der Waals surface area contributed by atoms with Crippen LogP contribution in [-0.2, 0) is 4.79 Å². The van der Waals surface area contributed by atoms with E-state index >= 15 is 0 Å². The summed E-state index contributed by atoms with van der Waals surface area (Å²) in [4.78, 5) is 15.4. The topological polar surface area (TPSA) is 68.7 Å². The molecule has 0 aliphatic rings. The number of hydrogen-bond donors (Lipinski definition) is 1. The number of aromatic nitrogens is 1. The smallest absolute Gasteiger partial charge is 0.311 e. The first-order valence-electron chi connectivity index (χ1n) is 5.32. The molecule has 0 aliphatic carbocycles. The van der Waals surface area contributed by atoms with Crippen LogP contribution < -0.4 is 9.47 Å². The number of carboxylic acids is 1. The lowest BCUT2D eigenvalue weighted by molar-refractivity contribution is -0.140. The Kier molecular flexibility index (Phi) is 4.31. The second kappa shape index (κ2) is 5.52. The molecule has 0 aliphatic heterocycles. The van der Waals surface area contributed by atoms with Crippen molar-refractivity contribution in [3.05, 3.63) is 17.8 Å². The molecule has 0 spiro atoms. The van der Waals surface area contributed by atoms with Crippen molar-refractivity contribution < 1.29 is 19.4 Å². The highest BCUT2D eigenvalue weighted by atomic mass is 16.5. The predicted octanol–water partition coefficient (Wildman–Crippen LogP) is 1.92. The fourth-order valence-electron chi connectivity index (χ4n) is 1.81. The van der Waals surface area contributed by atoms with Gasteiger partial charge in [0.1, 0.15) is 5.75 Å². The second-order valence-corrected chi connectivity index (χ2v) is 4.00. The van der Waals surface area contributed by atoms with Crippen LogP contribution in [0.2, 0.25) is 0 Å². The van der Waals surface area contributed by atoms with E-state index in [1.165, 1.54) is 20.4 Å². The molecule has 0 aromatic carbocycles. The van der Waals surface area contributed by atoms with Crippen molar-refractivity contribution in [2.24, 2.45) is 5.92 Å². The van der Waals surface area contributed by atoms with E-state index in [-0.39, 0.29) is 5.92 Å². The Balaban J connectivity index is 3.38. The largest absolute Gasteiger partial charge is 0.496 e. The Morgan fingerprint density at radius 1 is 1.35 bits per heavy atom. The van der Waals surface area contributed by atoms with Crippen LogP contribution in [0.25, 0.3) is 0 Å². The van der Waals surface area contributed by atoms with Gasteiger partial charge in [0, 0.05) is 6.20 Å². The number of carboxylic acid groups (broad SMARTS) is 1. The number of nitrogens with zero attached hydrogens (tertiary/aromatic N) is 1. The minimum absolute atomic E-state index is 0.0838. The van der Waals surface area contributed by atoms with Crippen molar-refractivity contribution in [2.75, 3.05) is 14.2 Å². The van der Waals surface area contributed by atoms with Crippen LogP contribution in [0.4, 0.5) is 0 Å². The molecule has 0 fully saturated rings. The number of ether oxygens (including phenoxy) is 2. The fraction of sp³-hybridized carbons (Fsp3) is 0.500. The molecule has 1 rings (SSSR count). The van der Waals surface area contributed by atoms with Crippen LogP contribution in [0.1, 0.15) is 25.3 Å². The first kappa shape index (κ1) is 13.3. The average molecular weight is 239 g/mol. The maximum atomic E-state index is 11.3. The molecule has 1 aromatic heterocycles. The third-order valence-electron chi connectivity index (χ3n) is 2.57. The molecule has 1 aromatic rings. The first-order valence-corrected chi connectivity index (χ1v) is 5.32. The van der Waals surface area contributed by atoms with E-state index in [0.717, 1.165) is 0 Å². The van der Waals surface area contributed by atoms with E-state index in [2.05, 4.69) is 4.98 Å². The number of methoxy groups -OCH3 is 2. The summed E-state index contributed by atoms with van der Waals surface area (Å²) in [6.45, 7) is 3.68. The molecular weight excluding hydrogens is 222 g/mol. The molecule has 17 heavy (non-hydrogen) atoms. The van der Waals surface area contributed by atoms with E-state index < -0.39 is 11.9 Å².